The largest absolute Gasteiger partial charge is 0.382 e. The van der Waals surface area contributed by atoms with E-state index in [9.17, 15) is 9.59 Å². The molecular weight excluding hydrogens is 424 g/mol. The molecule has 0 radical (unpaired) electrons. The number of benzene rings is 1. The lowest BCUT2D eigenvalue weighted by Gasteiger charge is -2.26. The topological polar surface area (TPSA) is 97.3 Å². The Morgan fingerprint density at radius 2 is 1.94 bits per heavy atom. The van der Waals surface area contributed by atoms with Gasteiger partial charge in [0.15, 0.2) is 5.82 Å². The third-order valence-corrected chi connectivity index (χ3v) is 7.27. The van der Waals surface area contributed by atoms with Gasteiger partial charge < -0.3 is 20.1 Å². The Labute approximate surface area is 191 Å². The molecule has 0 spiro atoms. The minimum Gasteiger partial charge on any atom is -0.382 e. The summed E-state index contributed by atoms with van der Waals surface area (Å²) in [6, 6.07) is 7.91. The molecule has 0 unspecified atom stereocenters. The highest BCUT2D eigenvalue weighted by Crippen LogP contribution is 2.30. The number of para-hydroxylation sites is 1. The fourth-order valence-electron chi connectivity index (χ4n) is 4.67. The lowest BCUT2D eigenvalue weighted by atomic mass is 10.2. The number of rotatable bonds is 6. The van der Waals surface area contributed by atoms with E-state index in [1.54, 1.807) is 0 Å². The molecule has 2 N–H and O–H groups in total. The summed E-state index contributed by atoms with van der Waals surface area (Å²) in [5.41, 5.74) is 8.72. The number of likely N-dealkylation sites (tertiary alicyclic amines) is 1. The fraction of sp³-hybridized carbons (Fsp3) is 0.478. The van der Waals surface area contributed by atoms with Crippen LogP contribution < -0.4 is 5.73 Å². The van der Waals surface area contributed by atoms with Crippen molar-refractivity contribution in [2.24, 2.45) is 0 Å². The highest BCUT2D eigenvalue weighted by molar-refractivity contribution is 7.99. The van der Waals surface area contributed by atoms with Crippen molar-refractivity contribution in [2.75, 3.05) is 36.9 Å². The number of carbonyl (C=O) groups excluding carboxylic acids is 2. The van der Waals surface area contributed by atoms with Gasteiger partial charge in [0.05, 0.1) is 17.6 Å². The second-order valence-electron chi connectivity index (χ2n) is 8.41. The number of hydrogen-bond acceptors (Lipinski definition) is 6. The maximum atomic E-state index is 12.7. The maximum Gasteiger partial charge on any atom is 0.223 e. The number of hydrogen-bond donors (Lipinski definition) is 1. The van der Waals surface area contributed by atoms with Crippen molar-refractivity contribution in [3.63, 3.8) is 0 Å². The second-order valence-corrected chi connectivity index (χ2v) is 9.63. The fourth-order valence-corrected chi connectivity index (χ4v) is 5.57. The van der Waals surface area contributed by atoms with E-state index in [1.807, 2.05) is 45.8 Å². The highest BCUT2D eigenvalue weighted by atomic mass is 32.2. The first-order valence-electron chi connectivity index (χ1n) is 11.3. The molecule has 2 aliphatic heterocycles. The molecular formula is C23H28N6O2S. The normalized spacial score (nSPS) is 17.1. The Morgan fingerprint density at radius 1 is 1.12 bits per heavy atom. The van der Waals surface area contributed by atoms with Gasteiger partial charge in [-0.25, -0.2) is 9.97 Å². The van der Waals surface area contributed by atoms with Crippen molar-refractivity contribution in [3.8, 4) is 0 Å². The van der Waals surface area contributed by atoms with Crippen LogP contribution in [0.4, 0.5) is 5.82 Å². The molecule has 2 aromatic heterocycles. The molecule has 168 valence electrons. The van der Waals surface area contributed by atoms with Gasteiger partial charge >= 0.3 is 0 Å². The van der Waals surface area contributed by atoms with Crippen molar-refractivity contribution in [1.82, 2.24) is 24.3 Å². The zero-order valence-corrected chi connectivity index (χ0v) is 18.9. The number of nitrogens with zero attached hydrogens (tertiary/aromatic N) is 5. The molecule has 5 rings (SSSR count). The van der Waals surface area contributed by atoms with Gasteiger partial charge in [-0.2, -0.15) is 11.8 Å². The van der Waals surface area contributed by atoms with Crippen LogP contribution in [0.25, 0.3) is 21.9 Å². The lowest BCUT2D eigenvalue weighted by molar-refractivity contribution is -0.131. The van der Waals surface area contributed by atoms with Crippen molar-refractivity contribution in [1.29, 1.82) is 0 Å². The molecule has 4 heterocycles. The van der Waals surface area contributed by atoms with E-state index in [4.69, 9.17) is 10.7 Å². The number of amides is 2. The molecule has 2 aliphatic rings. The average Bonchev–Trinajstić information content (AvgIpc) is 3.38. The summed E-state index contributed by atoms with van der Waals surface area (Å²) in [4.78, 5) is 38.1. The quantitative estimate of drug-likeness (QED) is 0.618. The molecule has 2 amide bonds. The predicted molar refractivity (Wildman–Crippen MR) is 127 cm³/mol. The van der Waals surface area contributed by atoms with Gasteiger partial charge in [0.2, 0.25) is 11.8 Å². The van der Waals surface area contributed by atoms with Crippen LogP contribution in [0, 0.1) is 0 Å². The SMILES string of the molecule is Nc1nc2ccccc2c2c1nc(CN1CCCC1=O)n2CCCC(=O)N1CCSCC1. The van der Waals surface area contributed by atoms with Crippen LogP contribution >= 0.6 is 11.8 Å². The number of aryl methyl sites for hydroxylation is 1. The van der Waals surface area contributed by atoms with Gasteiger partial charge in [-0.05, 0) is 18.9 Å². The molecule has 0 bridgehead atoms. The molecule has 0 saturated carbocycles. The van der Waals surface area contributed by atoms with Crippen molar-refractivity contribution >= 4 is 51.3 Å². The first kappa shape index (κ1) is 21.1. The van der Waals surface area contributed by atoms with E-state index in [2.05, 4.69) is 9.55 Å². The Bertz CT molecular complexity index is 1170. The van der Waals surface area contributed by atoms with Gasteiger partial charge in [0, 0.05) is 55.9 Å². The number of aromatic nitrogens is 3. The number of nitrogens with two attached hydrogens (primary N) is 1. The number of thioether (sulfide) groups is 1. The minimum absolute atomic E-state index is 0.165. The number of carbonyl (C=O) groups is 2. The Kier molecular flexibility index (Phi) is 5.91. The van der Waals surface area contributed by atoms with Crippen LogP contribution in [-0.4, -0.2) is 67.3 Å². The molecule has 3 aromatic rings. The van der Waals surface area contributed by atoms with Crippen molar-refractivity contribution in [3.05, 3.63) is 30.1 Å². The van der Waals surface area contributed by atoms with Crippen LogP contribution in [0.3, 0.4) is 0 Å². The molecule has 32 heavy (non-hydrogen) atoms. The Hall–Kier alpha value is -2.81. The van der Waals surface area contributed by atoms with E-state index in [0.29, 0.717) is 43.7 Å². The minimum atomic E-state index is 0.165. The van der Waals surface area contributed by atoms with Crippen LogP contribution in [0.15, 0.2) is 24.3 Å². The van der Waals surface area contributed by atoms with Crippen molar-refractivity contribution in [2.45, 2.75) is 38.8 Å². The summed E-state index contributed by atoms with van der Waals surface area (Å²) in [7, 11) is 0. The molecule has 1 aromatic carbocycles. The lowest BCUT2D eigenvalue weighted by Crippen LogP contribution is -2.37. The van der Waals surface area contributed by atoms with Crippen LogP contribution in [-0.2, 0) is 22.7 Å². The van der Waals surface area contributed by atoms with Gasteiger partial charge in [-0.1, -0.05) is 18.2 Å². The first-order valence-corrected chi connectivity index (χ1v) is 12.4. The molecule has 0 aliphatic carbocycles. The zero-order valence-electron chi connectivity index (χ0n) is 18.1. The van der Waals surface area contributed by atoms with Gasteiger partial charge in [0.1, 0.15) is 11.3 Å². The summed E-state index contributed by atoms with van der Waals surface area (Å²) < 4.78 is 2.15. The van der Waals surface area contributed by atoms with Crippen LogP contribution in [0.5, 0.6) is 0 Å². The molecule has 8 nitrogen and oxygen atoms in total. The van der Waals surface area contributed by atoms with Gasteiger partial charge in [0.25, 0.3) is 0 Å². The van der Waals surface area contributed by atoms with E-state index < -0.39 is 0 Å². The maximum absolute atomic E-state index is 12.7. The van der Waals surface area contributed by atoms with E-state index in [0.717, 1.165) is 59.8 Å². The molecule has 9 heteroatoms. The van der Waals surface area contributed by atoms with E-state index in [-0.39, 0.29) is 11.8 Å². The summed E-state index contributed by atoms with van der Waals surface area (Å²) in [5, 5.41) is 0.989. The summed E-state index contributed by atoms with van der Waals surface area (Å²) in [6.45, 7) is 3.54. The smallest absolute Gasteiger partial charge is 0.223 e. The Balaban J connectivity index is 1.47. The van der Waals surface area contributed by atoms with E-state index in [1.165, 1.54) is 0 Å². The monoisotopic (exact) mass is 452 g/mol. The number of fused-ring (bicyclic) bond motifs is 3. The molecule has 2 fully saturated rings. The standard InChI is InChI=1S/C23H28N6O2S/c24-23-21-22(16-5-1-2-6-17(16)25-23)29(18(26-21)15-28-9-3-7-20(28)31)10-4-8-19(30)27-11-13-32-14-12-27/h1-2,5-6H,3-4,7-15H2,(H2,24,25). The number of nitrogen functional groups attached to an aromatic ring is 1. The highest BCUT2D eigenvalue weighted by Gasteiger charge is 2.25. The molecule has 0 atom stereocenters. The molecule has 2 saturated heterocycles. The number of pyridine rings is 1. The van der Waals surface area contributed by atoms with Crippen molar-refractivity contribution < 1.29 is 9.59 Å². The summed E-state index contributed by atoms with van der Waals surface area (Å²) in [6.07, 6.45) is 2.69. The zero-order chi connectivity index (χ0) is 22.1. The van der Waals surface area contributed by atoms with E-state index >= 15 is 0 Å². The average molecular weight is 453 g/mol. The Morgan fingerprint density at radius 3 is 2.72 bits per heavy atom. The second kappa shape index (κ2) is 8.97. The van der Waals surface area contributed by atoms with Gasteiger partial charge in [-0.15, -0.1) is 0 Å². The predicted octanol–water partition coefficient (Wildman–Crippen LogP) is 2.64. The third-order valence-electron chi connectivity index (χ3n) is 6.33. The van der Waals surface area contributed by atoms with Crippen LogP contribution in [0.2, 0.25) is 0 Å². The number of anilines is 1. The van der Waals surface area contributed by atoms with Gasteiger partial charge in [-0.3, -0.25) is 9.59 Å². The third kappa shape index (κ3) is 4.01. The number of imidazole rings is 1. The van der Waals surface area contributed by atoms with Crippen LogP contribution in [0.1, 0.15) is 31.5 Å². The summed E-state index contributed by atoms with van der Waals surface area (Å²) >= 11 is 1.90. The first-order chi connectivity index (χ1) is 15.6. The summed E-state index contributed by atoms with van der Waals surface area (Å²) in [5.74, 6) is 3.62.